The lowest BCUT2D eigenvalue weighted by atomic mass is 10.0. The van der Waals surface area contributed by atoms with Crippen LogP contribution in [-0.4, -0.2) is 24.4 Å². The van der Waals surface area contributed by atoms with E-state index in [0.717, 1.165) is 13.0 Å². The minimum Gasteiger partial charge on any atom is -0.390 e. The predicted octanol–water partition coefficient (Wildman–Crippen LogP) is 2.63. The number of aliphatic hydroxyl groups is 1. The van der Waals surface area contributed by atoms with Crippen LogP contribution in [0.5, 0.6) is 0 Å². The van der Waals surface area contributed by atoms with Gasteiger partial charge in [0.1, 0.15) is 0 Å². The zero-order valence-electron chi connectivity index (χ0n) is 10.5. The molecule has 90 valence electrons. The molecule has 0 saturated heterocycles. The van der Waals surface area contributed by atoms with Crippen molar-refractivity contribution in [1.82, 2.24) is 0 Å². The van der Waals surface area contributed by atoms with E-state index in [0.29, 0.717) is 13.0 Å². The molecule has 1 rings (SSSR count). The van der Waals surface area contributed by atoms with Gasteiger partial charge in [0, 0.05) is 13.0 Å². The summed E-state index contributed by atoms with van der Waals surface area (Å²) in [6.07, 6.45) is 1.28. The fourth-order valence-electron chi connectivity index (χ4n) is 1.70. The average Bonchev–Trinajstić information content (AvgIpc) is 2.24. The van der Waals surface area contributed by atoms with Crippen LogP contribution in [0.1, 0.15) is 30.0 Å². The van der Waals surface area contributed by atoms with E-state index in [1.807, 2.05) is 0 Å². The number of rotatable bonds is 6. The second kappa shape index (κ2) is 6.66. The van der Waals surface area contributed by atoms with Gasteiger partial charge in [0.2, 0.25) is 0 Å². The highest BCUT2D eigenvalue weighted by Crippen LogP contribution is 2.13. The Hall–Kier alpha value is -0.860. The number of hydrogen-bond acceptors (Lipinski definition) is 2. The molecule has 1 aromatic carbocycles. The summed E-state index contributed by atoms with van der Waals surface area (Å²) in [4.78, 5) is 0. The third-order valence-corrected chi connectivity index (χ3v) is 2.62. The van der Waals surface area contributed by atoms with E-state index in [1.54, 1.807) is 0 Å². The molecular formula is C14H22O2. The van der Waals surface area contributed by atoms with Gasteiger partial charge in [-0.05, 0) is 31.4 Å². The van der Waals surface area contributed by atoms with Gasteiger partial charge in [-0.3, -0.25) is 0 Å². The molecule has 1 atom stereocenters. The van der Waals surface area contributed by atoms with Gasteiger partial charge in [-0.1, -0.05) is 30.7 Å². The van der Waals surface area contributed by atoms with Gasteiger partial charge in [0.25, 0.3) is 0 Å². The van der Waals surface area contributed by atoms with E-state index in [2.05, 4.69) is 39.0 Å². The van der Waals surface area contributed by atoms with E-state index in [4.69, 9.17) is 4.74 Å². The van der Waals surface area contributed by atoms with Crippen LogP contribution >= 0.6 is 0 Å². The Morgan fingerprint density at radius 2 is 2.06 bits per heavy atom. The lowest BCUT2D eigenvalue weighted by molar-refractivity contribution is 0.0373. The normalized spacial score (nSPS) is 12.8. The van der Waals surface area contributed by atoms with Crippen molar-refractivity contribution < 1.29 is 9.84 Å². The Morgan fingerprint density at radius 1 is 1.31 bits per heavy atom. The summed E-state index contributed by atoms with van der Waals surface area (Å²) in [5.41, 5.74) is 3.69. The Balaban J connectivity index is 2.48. The van der Waals surface area contributed by atoms with Crippen LogP contribution in [-0.2, 0) is 11.2 Å². The van der Waals surface area contributed by atoms with E-state index in [9.17, 15) is 5.11 Å². The minimum atomic E-state index is -0.396. The van der Waals surface area contributed by atoms with E-state index in [-0.39, 0.29) is 0 Å². The first-order valence-corrected chi connectivity index (χ1v) is 5.95. The monoisotopic (exact) mass is 222 g/mol. The van der Waals surface area contributed by atoms with Crippen LogP contribution < -0.4 is 0 Å². The van der Waals surface area contributed by atoms with E-state index < -0.39 is 6.10 Å². The zero-order chi connectivity index (χ0) is 12.0. The van der Waals surface area contributed by atoms with Crippen molar-refractivity contribution >= 4 is 0 Å². The molecule has 0 aliphatic rings. The summed E-state index contributed by atoms with van der Waals surface area (Å²) in [7, 11) is 0. The third kappa shape index (κ3) is 4.33. The lowest BCUT2D eigenvalue weighted by Gasteiger charge is -2.13. The molecule has 0 heterocycles. The SMILES string of the molecule is CCCOCC(O)Cc1cc(C)ccc1C. The van der Waals surface area contributed by atoms with Gasteiger partial charge in [0.05, 0.1) is 12.7 Å². The molecule has 0 radical (unpaired) electrons. The van der Waals surface area contributed by atoms with Crippen molar-refractivity contribution in [3.05, 3.63) is 34.9 Å². The van der Waals surface area contributed by atoms with Crippen molar-refractivity contribution in [3.8, 4) is 0 Å². The zero-order valence-corrected chi connectivity index (χ0v) is 10.5. The maximum atomic E-state index is 9.82. The maximum absolute atomic E-state index is 9.82. The summed E-state index contributed by atoms with van der Waals surface area (Å²) < 4.78 is 5.34. The molecule has 2 heteroatoms. The summed E-state index contributed by atoms with van der Waals surface area (Å²) >= 11 is 0. The van der Waals surface area contributed by atoms with E-state index in [1.165, 1.54) is 16.7 Å². The topological polar surface area (TPSA) is 29.5 Å². The molecule has 2 nitrogen and oxygen atoms in total. The highest BCUT2D eigenvalue weighted by atomic mass is 16.5. The quantitative estimate of drug-likeness (QED) is 0.750. The van der Waals surface area contributed by atoms with Crippen LogP contribution in [0.4, 0.5) is 0 Å². The number of hydrogen-bond donors (Lipinski definition) is 1. The van der Waals surface area contributed by atoms with Crippen molar-refractivity contribution in [2.75, 3.05) is 13.2 Å². The molecular weight excluding hydrogens is 200 g/mol. The largest absolute Gasteiger partial charge is 0.390 e. The molecule has 16 heavy (non-hydrogen) atoms. The Kier molecular flexibility index (Phi) is 5.50. The first kappa shape index (κ1) is 13.2. The second-order valence-corrected chi connectivity index (χ2v) is 4.36. The van der Waals surface area contributed by atoms with Gasteiger partial charge in [0.15, 0.2) is 0 Å². The smallest absolute Gasteiger partial charge is 0.0814 e. The summed E-state index contributed by atoms with van der Waals surface area (Å²) in [6.45, 7) is 7.37. The molecule has 0 saturated carbocycles. The number of ether oxygens (including phenoxy) is 1. The van der Waals surface area contributed by atoms with Gasteiger partial charge in [-0.25, -0.2) is 0 Å². The van der Waals surface area contributed by atoms with Gasteiger partial charge < -0.3 is 9.84 Å². The van der Waals surface area contributed by atoms with E-state index >= 15 is 0 Å². The molecule has 0 aliphatic carbocycles. The standard InChI is InChI=1S/C14H22O2/c1-4-7-16-10-14(15)9-13-8-11(2)5-6-12(13)3/h5-6,8,14-15H,4,7,9-10H2,1-3H3. The Morgan fingerprint density at radius 3 is 2.75 bits per heavy atom. The van der Waals surface area contributed by atoms with Crippen LogP contribution in [0.25, 0.3) is 0 Å². The number of aliphatic hydroxyl groups excluding tert-OH is 1. The summed E-state index contributed by atoms with van der Waals surface area (Å²) in [6, 6.07) is 6.33. The fraction of sp³-hybridized carbons (Fsp3) is 0.571. The van der Waals surface area contributed by atoms with Gasteiger partial charge in [-0.2, -0.15) is 0 Å². The molecule has 0 bridgehead atoms. The molecule has 0 aliphatic heterocycles. The second-order valence-electron chi connectivity index (χ2n) is 4.36. The highest BCUT2D eigenvalue weighted by molar-refractivity contribution is 5.30. The van der Waals surface area contributed by atoms with Crippen LogP contribution in [0, 0.1) is 13.8 Å². The molecule has 0 spiro atoms. The molecule has 1 N–H and O–H groups in total. The average molecular weight is 222 g/mol. The van der Waals surface area contributed by atoms with Crippen LogP contribution in [0.3, 0.4) is 0 Å². The van der Waals surface area contributed by atoms with Crippen molar-refractivity contribution in [2.24, 2.45) is 0 Å². The lowest BCUT2D eigenvalue weighted by Crippen LogP contribution is -2.19. The maximum Gasteiger partial charge on any atom is 0.0814 e. The first-order valence-electron chi connectivity index (χ1n) is 5.95. The van der Waals surface area contributed by atoms with Gasteiger partial charge >= 0.3 is 0 Å². The van der Waals surface area contributed by atoms with Crippen molar-refractivity contribution in [2.45, 2.75) is 39.7 Å². The molecule has 1 unspecified atom stereocenters. The number of benzene rings is 1. The fourth-order valence-corrected chi connectivity index (χ4v) is 1.70. The van der Waals surface area contributed by atoms with Crippen LogP contribution in [0.15, 0.2) is 18.2 Å². The summed E-state index contributed by atoms with van der Waals surface area (Å²) in [5.74, 6) is 0. The summed E-state index contributed by atoms with van der Waals surface area (Å²) in [5, 5.41) is 9.82. The molecule has 0 fully saturated rings. The highest BCUT2D eigenvalue weighted by Gasteiger charge is 2.07. The molecule has 0 amide bonds. The van der Waals surface area contributed by atoms with Crippen LogP contribution in [0.2, 0.25) is 0 Å². The van der Waals surface area contributed by atoms with Crippen molar-refractivity contribution in [1.29, 1.82) is 0 Å². The molecule has 0 aromatic heterocycles. The third-order valence-electron chi connectivity index (χ3n) is 2.62. The molecule has 1 aromatic rings. The predicted molar refractivity (Wildman–Crippen MR) is 66.7 cm³/mol. The Bertz CT molecular complexity index is 321. The number of aryl methyl sites for hydroxylation is 2. The minimum absolute atomic E-state index is 0.396. The Labute approximate surface area is 98.3 Å². The van der Waals surface area contributed by atoms with Crippen molar-refractivity contribution in [3.63, 3.8) is 0 Å². The van der Waals surface area contributed by atoms with Gasteiger partial charge in [-0.15, -0.1) is 0 Å². The first-order chi connectivity index (χ1) is 7.63.